The van der Waals surface area contributed by atoms with Gasteiger partial charge in [0.25, 0.3) is 6.43 Å². The Morgan fingerprint density at radius 3 is 2.33 bits per heavy atom. The third-order valence-corrected chi connectivity index (χ3v) is 1.99. The van der Waals surface area contributed by atoms with Crippen LogP contribution in [-0.4, -0.2) is 18.1 Å². The SMILES string of the molecule is COC(=O)c1cc(=O)[nH]c(C(F)(F)F)c1C(F)F. The number of alkyl halides is 5. The van der Waals surface area contributed by atoms with E-state index >= 15 is 0 Å². The van der Waals surface area contributed by atoms with Crippen LogP contribution in [0.4, 0.5) is 22.0 Å². The maximum atomic E-state index is 12.6. The fourth-order valence-electron chi connectivity index (χ4n) is 1.30. The van der Waals surface area contributed by atoms with Crippen LogP contribution in [0.25, 0.3) is 0 Å². The van der Waals surface area contributed by atoms with Crippen molar-refractivity contribution in [2.24, 2.45) is 0 Å². The molecule has 1 aromatic rings. The van der Waals surface area contributed by atoms with Gasteiger partial charge in [0.05, 0.1) is 18.2 Å². The number of H-pyrrole nitrogens is 1. The molecule has 0 saturated heterocycles. The normalized spacial score (nSPS) is 11.7. The number of ether oxygens (including phenoxy) is 1. The van der Waals surface area contributed by atoms with Crippen molar-refractivity contribution >= 4 is 5.97 Å². The maximum absolute atomic E-state index is 12.6. The van der Waals surface area contributed by atoms with Crippen molar-refractivity contribution in [3.05, 3.63) is 33.2 Å². The maximum Gasteiger partial charge on any atom is 0.431 e. The van der Waals surface area contributed by atoms with Crippen molar-refractivity contribution in [2.75, 3.05) is 7.11 Å². The minimum atomic E-state index is -5.21. The largest absolute Gasteiger partial charge is 0.465 e. The fourth-order valence-corrected chi connectivity index (χ4v) is 1.30. The molecule has 9 heteroatoms. The average Bonchev–Trinajstić information content (AvgIpc) is 2.25. The van der Waals surface area contributed by atoms with Gasteiger partial charge in [0.1, 0.15) is 5.69 Å². The van der Waals surface area contributed by atoms with Crippen LogP contribution in [-0.2, 0) is 10.9 Å². The summed E-state index contributed by atoms with van der Waals surface area (Å²) < 4.78 is 66.7. The standard InChI is InChI=1S/C9H6F5NO3/c1-18-8(17)3-2-4(16)15-6(9(12,13)14)5(3)7(10)11/h2,7H,1H3,(H,15,16). The van der Waals surface area contributed by atoms with Gasteiger partial charge < -0.3 is 9.72 Å². The Hall–Kier alpha value is -1.93. The molecule has 1 rings (SSSR count). The molecule has 1 aromatic heterocycles. The molecule has 0 aliphatic heterocycles. The van der Waals surface area contributed by atoms with Crippen LogP contribution in [0.15, 0.2) is 10.9 Å². The summed E-state index contributed by atoms with van der Waals surface area (Å²) in [6, 6.07) is 0.336. The number of carbonyl (C=O) groups excluding carboxylic acids is 1. The highest BCUT2D eigenvalue weighted by Crippen LogP contribution is 2.35. The first-order chi connectivity index (χ1) is 8.18. The van der Waals surface area contributed by atoms with Crippen molar-refractivity contribution in [3.63, 3.8) is 0 Å². The predicted molar refractivity (Wildman–Crippen MR) is 48.4 cm³/mol. The molecule has 0 spiro atoms. The average molecular weight is 271 g/mol. The Kier molecular flexibility index (Phi) is 3.73. The molecule has 0 fully saturated rings. The highest BCUT2D eigenvalue weighted by atomic mass is 19.4. The van der Waals surface area contributed by atoms with E-state index in [2.05, 4.69) is 4.74 Å². The van der Waals surface area contributed by atoms with Crippen LogP contribution in [0.1, 0.15) is 28.0 Å². The quantitative estimate of drug-likeness (QED) is 0.662. The second-order valence-corrected chi connectivity index (χ2v) is 3.13. The van der Waals surface area contributed by atoms with E-state index in [4.69, 9.17) is 0 Å². The van der Waals surface area contributed by atoms with Crippen molar-refractivity contribution in [1.29, 1.82) is 0 Å². The Morgan fingerprint density at radius 1 is 1.39 bits per heavy atom. The number of hydrogen-bond acceptors (Lipinski definition) is 3. The second-order valence-electron chi connectivity index (χ2n) is 3.13. The van der Waals surface area contributed by atoms with Crippen LogP contribution in [0.5, 0.6) is 0 Å². The smallest absolute Gasteiger partial charge is 0.431 e. The topological polar surface area (TPSA) is 59.2 Å². The monoisotopic (exact) mass is 271 g/mol. The number of aromatic nitrogens is 1. The summed E-state index contributed by atoms with van der Waals surface area (Å²) in [4.78, 5) is 23.3. The third kappa shape index (κ3) is 2.66. The number of pyridine rings is 1. The van der Waals surface area contributed by atoms with Crippen LogP contribution in [0.2, 0.25) is 0 Å². The van der Waals surface area contributed by atoms with Gasteiger partial charge in [-0.3, -0.25) is 4.79 Å². The second kappa shape index (κ2) is 4.75. The molecule has 0 saturated carbocycles. The van der Waals surface area contributed by atoms with Crippen LogP contribution in [0.3, 0.4) is 0 Å². The zero-order valence-electron chi connectivity index (χ0n) is 8.77. The predicted octanol–water partition coefficient (Wildman–Crippen LogP) is 2.12. The van der Waals surface area contributed by atoms with Gasteiger partial charge in [0, 0.05) is 6.07 Å². The van der Waals surface area contributed by atoms with Gasteiger partial charge in [-0.1, -0.05) is 0 Å². The van der Waals surface area contributed by atoms with Gasteiger partial charge in [0.2, 0.25) is 5.56 Å². The van der Waals surface area contributed by atoms with Crippen molar-refractivity contribution in [2.45, 2.75) is 12.6 Å². The van der Waals surface area contributed by atoms with Gasteiger partial charge >= 0.3 is 12.1 Å². The summed E-state index contributed by atoms with van der Waals surface area (Å²) in [5, 5.41) is 0. The molecule has 0 bridgehead atoms. The molecule has 0 atom stereocenters. The Labute approximate surface area is 96.4 Å². The molecule has 0 unspecified atom stereocenters. The molecule has 18 heavy (non-hydrogen) atoms. The Bertz CT molecular complexity index is 520. The number of nitrogens with one attached hydrogen (secondary N) is 1. The van der Waals surface area contributed by atoms with Gasteiger partial charge in [-0.15, -0.1) is 0 Å². The molecule has 1 heterocycles. The minimum absolute atomic E-state index is 0.336. The Morgan fingerprint density at radius 2 is 1.94 bits per heavy atom. The van der Waals surface area contributed by atoms with Crippen LogP contribution >= 0.6 is 0 Å². The van der Waals surface area contributed by atoms with E-state index in [-0.39, 0.29) is 0 Å². The molecule has 0 aliphatic carbocycles. The summed E-state index contributed by atoms with van der Waals surface area (Å²) in [7, 11) is 0.798. The number of halogens is 5. The van der Waals surface area contributed by atoms with E-state index < -0.39 is 41.0 Å². The molecule has 0 aliphatic rings. The molecule has 0 amide bonds. The van der Waals surface area contributed by atoms with Crippen LogP contribution in [0, 0.1) is 0 Å². The van der Waals surface area contributed by atoms with Gasteiger partial charge in [-0.2, -0.15) is 13.2 Å². The highest BCUT2D eigenvalue weighted by Gasteiger charge is 2.39. The highest BCUT2D eigenvalue weighted by molar-refractivity contribution is 5.91. The number of methoxy groups -OCH3 is 1. The zero-order valence-corrected chi connectivity index (χ0v) is 8.77. The van der Waals surface area contributed by atoms with E-state index in [1.807, 2.05) is 0 Å². The lowest BCUT2D eigenvalue weighted by Gasteiger charge is -2.14. The lowest BCUT2D eigenvalue weighted by Crippen LogP contribution is -2.23. The van der Waals surface area contributed by atoms with E-state index in [0.29, 0.717) is 6.07 Å². The van der Waals surface area contributed by atoms with Crippen molar-refractivity contribution in [1.82, 2.24) is 4.98 Å². The lowest BCUT2D eigenvalue weighted by atomic mass is 10.1. The Balaban J connectivity index is 3.67. The van der Waals surface area contributed by atoms with E-state index in [1.54, 1.807) is 0 Å². The van der Waals surface area contributed by atoms with Gasteiger partial charge in [-0.05, 0) is 0 Å². The summed E-state index contributed by atoms with van der Waals surface area (Å²) in [6.07, 6.45) is -8.80. The van der Waals surface area contributed by atoms with E-state index in [0.717, 1.165) is 7.11 Å². The molecule has 0 aromatic carbocycles. The molecule has 4 nitrogen and oxygen atoms in total. The molecular formula is C9H6F5NO3. The summed E-state index contributed by atoms with van der Waals surface area (Å²) in [5.74, 6) is -1.44. The number of carbonyl (C=O) groups is 1. The first-order valence-electron chi connectivity index (χ1n) is 4.39. The first kappa shape index (κ1) is 14.1. The lowest BCUT2D eigenvalue weighted by molar-refractivity contribution is -0.143. The molecule has 100 valence electrons. The number of esters is 1. The van der Waals surface area contributed by atoms with Gasteiger partial charge in [-0.25, -0.2) is 13.6 Å². The van der Waals surface area contributed by atoms with Gasteiger partial charge in [0.15, 0.2) is 0 Å². The van der Waals surface area contributed by atoms with E-state index in [9.17, 15) is 31.5 Å². The summed E-state index contributed by atoms with van der Waals surface area (Å²) >= 11 is 0. The molecular weight excluding hydrogens is 265 g/mol. The fraction of sp³-hybridized carbons (Fsp3) is 0.333. The number of hydrogen-bond donors (Lipinski definition) is 1. The third-order valence-electron chi connectivity index (χ3n) is 1.99. The molecule has 1 N–H and O–H groups in total. The zero-order chi connectivity index (χ0) is 14.1. The van der Waals surface area contributed by atoms with E-state index in [1.165, 1.54) is 4.98 Å². The minimum Gasteiger partial charge on any atom is -0.465 e. The first-order valence-corrected chi connectivity index (χ1v) is 4.39. The molecule has 0 radical (unpaired) electrons. The van der Waals surface area contributed by atoms with Crippen LogP contribution < -0.4 is 5.56 Å². The summed E-state index contributed by atoms with van der Waals surface area (Å²) in [5.41, 5.74) is -5.99. The number of rotatable bonds is 2. The van der Waals surface area contributed by atoms with Crippen molar-refractivity contribution in [3.8, 4) is 0 Å². The van der Waals surface area contributed by atoms with Crippen molar-refractivity contribution < 1.29 is 31.5 Å². The summed E-state index contributed by atoms with van der Waals surface area (Å²) in [6.45, 7) is 0. The number of aromatic amines is 1.